The van der Waals surface area contributed by atoms with Crippen molar-refractivity contribution in [3.05, 3.63) is 54.1 Å². The number of hydrogen-bond donors (Lipinski definition) is 3. The first-order chi connectivity index (χ1) is 13.2. The third-order valence-corrected chi connectivity index (χ3v) is 4.26. The molecule has 2 aromatic rings. The molecule has 3 N–H and O–H groups in total. The predicted molar refractivity (Wildman–Crippen MR) is 103 cm³/mol. The zero-order valence-electron chi connectivity index (χ0n) is 15.2. The van der Waals surface area contributed by atoms with Crippen LogP contribution in [-0.4, -0.2) is 38.3 Å². The van der Waals surface area contributed by atoms with Gasteiger partial charge in [0.25, 0.3) is 5.91 Å². The lowest BCUT2D eigenvalue weighted by atomic mass is 10.1. The maximum absolute atomic E-state index is 12.5. The molecule has 1 heterocycles. The molecule has 0 bridgehead atoms. The van der Waals surface area contributed by atoms with Gasteiger partial charge in [0.2, 0.25) is 0 Å². The molecule has 2 aromatic carbocycles. The number of ether oxygens (including phenoxy) is 2. The van der Waals surface area contributed by atoms with E-state index < -0.39 is 6.03 Å². The Morgan fingerprint density at radius 3 is 2.78 bits per heavy atom. The Bertz CT molecular complexity index is 803. The first kappa shape index (κ1) is 18.7. The summed E-state index contributed by atoms with van der Waals surface area (Å²) in [6, 6.07) is 13.5. The second-order valence-corrected chi connectivity index (χ2v) is 6.20. The first-order valence-corrected chi connectivity index (χ1v) is 8.86. The molecule has 0 radical (unpaired) electrons. The van der Waals surface area contributed by atoms with E-state index in [4.69, 9.17) is 9.47 Å². The zero-order chi connectivity index (χ0) is 19.1. The molecule has 3 rings (SSSR count). The highest BCUT2D eigenvalue weighted by Crippen LogP contribution is 2.19. The normalized spacial score (nSPS) is 15.8. The summed E-state index contributed by atoms with van der Waals surface area (Å²) in [5.74, 6) is 0.393. The number of benzene rings is 2. The van der Waals surface area contributed by atoms with Crippen LogP contribution in [0.3, 0.4) is 0 Å². The minimum Gasteiger partial charge on any atom is -0.497 e. The molecule has 7 nitrogen and oxygen atoms in total. The molecule has 1 fully saturated rings. The number of hydrogen-bond acceptors (Lipinski definition) is 4. The van der Waals surface area contributed by atoms with Crippen molar-refractivity contribution >= 4 is 23.3 Å². The quantitative estimate of drug-likeness (QED) is 0.729. The van der Waals surface area contributed by atoms with E-state index in [2.05, 4.69) is 16.0 Å². The second kappa shape index (κ2) is 9.05. The van der Waals surface area contributed by atoms with Gasteiger partial charge < -0.3 is 25.4 Å². The van der Waals surface area contributed by atoms with Gasteiger partial charge in [0.15, 0.2) is 0 Å². The molecule has 1 aliphatic rings. The lowest BCUT2D eigenvalue weighted by Gasteiger charge is -2.14. The van der Waals surface area contributed by atoms with E-state index in [0.29, 0.717) is 29.2 Å². The van der Waals surface area contributed by atoms with Crippen LogP contribution in [0.25, 0.3) is 0 Å². The molecule has 1 aliphatic heterocycles. The first-order valence-electron chi connectivity index (χ1n) is 8.86. The Balaban J connectivity index is 1.62. The summed E-state index contributed by atoms with van der Waals surface area (Å²) in [6.45, 7) is 1.20. The van der Waals surface area contributed by atoms with Crippen molar-refractivity contribution < 1.29 is 19.1 Å². The predicted octanol–water partition coefficient (Wildman–Crippen LogP) is 3.25. The number of urea groups is 1. The molecule has 1 atom stereocenters. The fourth-order valence-electron chi connectivity index (χ4n) is 2.88. The highest BCUT2D eigenvalue weighted by molar-refractivity contribution is 6.06. The number of para-hydroxylation sites is 1. The molecule has 3 amide bonds. The Morgan fingerprint density at radius 2 is 2.00 bits per heavy atom. The van der Waals surface area contributed by atoms with Crippen LogP contribution < -0.4 is 20.7 Å². The fourth-order valence-corrected chi connectivity index (χ4v) is 2.88. The Kier molecular flexibility index (Phi) is 6.27. The Hall–Kier alpha value is -3.06. The molecule has 0 saturated carbocycles. The summed E-state index contributed by atoms with van der Waals surface area (Å²) in [5, 5.41) is 8.32. The van der Waals surface area contributed by atoms with E-state index in [1.807, 2.05) is 0 Å². The number of anilines is 2. The van der Waals surface area contributed by atoms with E-state index in [9.17, 15) is 9.59 Å². The Labute approximate surface area is 158 Å². The van der Waals surface area contributed by atoms with Crippen LogP contribution >= 0.6 is 0 Å². The Morgan fingerprint density at radius 1 is 1.15 bits per heavy atom. The van der Waals surface area contributed by atoms with Gasteiger partial charge >= 0.3 is 6.03 Å². The summed E-state index contributed by atoms with van der Waals surface area (Å²) in [4.78, 5) is 24.8. The van der Waals surface area contributed by atoms with Gasteiger partial charge in [-0.05, 0) is 37.1 Å². The fraction of sp³-hybridized carbons (Fsp3) is 0.300. The maximum Gasteiger partial charge on any atom is 0.323 e. The monoisotopic (exact) mass is 369 g/mol. The summed E-state index contributed by atoms with van der Waals surface area (Å²) >= 11 is 0. The molecule has 7 heteroatoms. The summed E-state index contributed by atoms with van der Waals surface area (Å²) < 4.78 is 10.7. The van der Waals surface area contributed by atoms with E-state index in [1.165, 1.54) is 0 Å². The zero-order valence-corrected chi connectivity index (χ0v) is 15.2. The molecule has 0 aromatic heterocycles. The molecule has 27 heavy (non-hydrogen) atoms. The average Bonchev–Trinajstić information content (AvgIpc) is 3.20. The summed E-state index contributed by atoms with van der Waals surface area (Å²) in [6.07, 6.45) is 2.03. The van der Waals surface area contributed by atoms with Gasteiger partial charge in [0.05, 0.1) is 24.5 Å². The van der Waals surface area contributed by atoms with Crippen LogP contribution in [0.5, 0.6) is 5.75 Å². The van der Waals surface area contributed by atoms with Gasteiger partial charge in [-0.3, -0.25) is 4.79 Å². The van der Waals surface area contributed by atoms with E-state index in [0.717, 1.165) is 19.4 Å². The van der Waals surface area contributed by atoms with Crippen LogP contribution in [0, 0.1) is 0 Å². The number of nitrogens with one attached hydrogen (secondary N) is 3. The molecule has 0 unspecified atom stereocenters. The maximum atomic E-state index is 12.5. The van der Waals surface area contributed by atoms with Gasteiger partial charge in [-0.15, -0.1) is 0 Å². The lowest BCUT2D eigenvalue weighted by molar-refractivity contribution is 0.0858. The number of rotatable bonds is 6. The van der Waals surface area contributed by atoms with Crippen molar-refractivity contribution in [3.63, 3.8) is 0 Å². The van der Waals surface area contributed by atoms with Crippen LogP contribution in [0.1, 0.15) is 23.2 Å². The average molecular weight is 369 g/mol. The van der Waals surface area contributed by atoms with Crippen molar-refractivity contribution in [3.8, 4) is 5.75 Å². The van der Waals surface area contributed by atoms with Crippen molar-refractivity contribution in [2.75, 3.05) is 30.9 Å². The molecular weight excluding hydrogens is 346 g/mol. The van der Waals surface area contributed by atoms with E-state index >= 15 is 0 Å². The van der Waals surface area contributed by atoms with Crippen molar-refractivity contribution in [1.82, 2.24) is 5.32 Å². The standard InChI is InChI=1S/C20H23N3O4/c1-26-15-7-4-6-14(12-15)22-20(25)23-18-10-3-2-9-17(18)19(24)21-13-16-8-5-11-27-16/h2-4,6-7,9-10,12,16H,5,8,11,13H2,1H3,(H,21,24)(H2,22,23,25)/t16-/m1/s1. The highest BCUT2D eigenvalue weighted by Gasteiger charge is 2.18. The molecule has 142 valence electrons. The van der Waals surface area contributed by atoms with Crippen LogP contribution in [0.4, 0.5) is 16.2 Å². The van der Waals surface area contributed by atoms with E-state index in [-0.39, 0.29) is 12.0 Å². The number of amides is 3. The minimum absolute atomic E-state index is 0.0606. The summed E-state index contributed by atoms with van der Waals surface area (Å²) in [5.41, 5.74) is 1.42. The molecule has 0 aliphatic carbocycles. The van der Waals surface area contributed by atoms with Gasteiger partial charge in [0, 0.05) is 24.9 Å². The summed E-state index contributed by atoms with van der Waals surface area (Å²) in [7, 11) is 1.56. The lowest BCUT2D eigenvalue weighted by Crippen LogP contribution is -2.32. The van der Waals surface area contributed by atoms with Crippen molar-refractivity contribution in [1.29, 1.82) is 0 Å². The molecular formula is C20H23N3O4. The second-order valence-electron chi connectivity index (χ2n) is 6.20. The van der Waals surface area contributed by atoms with Crippen LogP contribution in [-0.2, 0) is 4.74 Å². The van der Waals surface area contributed by atoms with Gasteiger partial charge in [-0.1, -0.05) is 18.2 Å². The van der Waals surface area contributed by atoms with Crippen molar-refractivity contribution in [2.24, 2.45) is 0 Å². The highest BCUT2D eigenvalue weighted by atomic mass is 16.5. The van der Waals surface area contributed by atoms with Gasteiger partial charge in [0.1, 0.15) is 5.75 Å². The smallest absolute Gasteiger partial charge is 0.323 e. The van der Waals surface area contributed by atoms with Crippen LogP contribution in [0.15, 0.2) is 48.5 Å². The molecule has 1 saturated heterocycles. The number of carbonyl (C=O) groups is 2. The van der Waals surface area contributed by atoms with Gasteiger partial charge in [-0.2, -0.15) is 0 Å². The minimum atomic E-state index is -0.442. The molecule has 0 spiro atoms. The van der Waals surface area contributed by atoms with Gasteiger partial charge in [-0.25, -0.2) is 4.79 Å². The third kappa shape index (κ3) is 5.21. The van der Waals surface area contributed by atoms with Crippen LogP contribution in [0.2, 0.25) is 0 Å². The number of carbonyl (C=O) groups excluding carboxylic acids is 2. The largest absolute Gasteiger partial charge is 0.497 e. The number of methoxy groups -OCH3 is 1. The third-order valence-electron chi connectivity index (χ3n) is 4.26. The SMILES string of the molecule is COc1cccc(NC(=O)Nc2ccccc2C(=O)NC[C@H]2CCCO2)c1. The van der Waals surface area contributed by atoms with E-state index in [1.54, 1.807) is 55.6 Å². The van der Waals surface area contributed by atoms with Crippen molar-refractivity contribution in [2.45, 2.75) is 18.9 Å². The topological polar surface area (TPSA) is 88.7 Å².